The topological polar surface area (TPSA) is 88.0 Å². The number of phenols is 1. The second-order valence-corrected chi connectivity index (χ2v) is 6.56. The van der Waals surface area contributed by atoms with Crippen LogP contribution in [0.25, 0.3) is 0 Å². The van der Waals surface area contributed by atoms with Crippen molar-refractivity contribution in [2.45, 2.75) is 11.8 Å². The first-order valence-corrected chi connectivity index (χ1v) is 8.55. The summed E-state index contributed by atoms with van der Waals surface area (Å²) in [7, 11) is -3.80. The van der Waals surface area contributed by atoms with Crippen molar-refractivity contribution >= 4 is 27.8 Å². The van der Waals surface area contributed by atoms with Crippen molar-refractivity contribution in [3.8, 4) is 11.5 Å². The van der Waals surface area contributed by atoms with Crippen LogP contribution >= 0.6 is 11.6 Å². The summed E-state index contributed by atoms with van der Waals surface area (Å²) in [5.74, 6) is 0.525. The van der Waals surface area contributed by atoms with Gasteiger partial charge in [0.05, 0.1) is 17.7 Å². The minimum atomic E-state index is -3.80. The van der Waals surface area contributed by atoms with Crippen LogP contribution in [0.5, 0.6) is 11.5 Å². The first-order valence-electron chi connectivity index (χ1n) is 6.68. The van der Waals surface area contributed by atoms with Crippen molar-refractivity contribution in [3.63, 3.8) is 0 Å². The number of aromatic hydroxyl groups is 1. The Morgan fingerprint density at radius 2 is 1.96 bits per heavy atom. The molecule has 0 amide bonds. The lowest BCUT2D eigenvalue weighted by Gasteiger charge is -2.06. The molecule has 2 aromatic rings. The zero-order chi connectivity index (χ0) is 16.9. The number of hydrogen-bond acceptors (Lipinski definition) is 5. The molecule has 0 bridgehead atoms. The van der Waals surface area contributed by atoms with Crippen LogP contribution in [0.3, 0.4) is 0 Å². The molecule has 0 atom stereocenters. The predicted octanol–water partition coefficient (Wildman–Crippen LogP) is 2.76. The van der Waals surface area contributed by atoms with Crippen LogP contribution in [0.2, 0.25) is 5.02 Å². The maximum Gasteiger partial charge on any atom is 0.276 e. The highest BCUT2D eigenvalue weighted by Crippen LogP contribution is 2.20. The van der Waals surface area contributed by atoms with Gasteiger partial charge in [-0.15, -0.1) is 0 Å². The van der Waals surface area contributed by atoms with Crippen LogP contribution < -0.4 is 9.57 Å². The summed E-state index contributed by atoms with van der Waals surface area (Å²) in [6.07, 6.45) is 1.17. The Kier molecular flexibility index (Phi) is 5.46. The molecule has 2 aromatic carbocycles. The van der Waals surface area contributed by atoms with Gasteiger partial charge >= 0.3 is 0 Å². The highest BCUT2D eigenvalue weighted by atomic mass is 35.5. The first-order chi connectivity index (χ1) is 10.9. The molecule has 0 spiro atoms. The molecule has 6 nitrogen and oxygen atoms in total. The van der Waals surface area contributed by atoms with Crippen LogP contribution in [0.1, 0.15) is 12.5 Å². The van der Waals surface area contributed by atoms with Crippen molar-refractivity contribution in [1.29, 1.82) is 0 Å². The smallest absolute Gasteiger partial charge is 0.276 e. The molecule has 0 aliphatic heterocycles. The maximum atomic E-state index is 12.1. The lowest BCUT2D eigenvalue weighted by molar-refractivity contribution is 0.340. The number of benzene rings is 2. The molecule has 0 radical (unpaired) electrons. The molecule has 0 aliphatic carbocycles. The number of hydrogen-bond donors (Lipinski definition) is 2. The molecule has 2 rings (SSSR count). The van der Waals surface area contributed by atoms with E-state index < -0.39 is 10.0 Å². The third kappa shape index (κ3) is 4.61. The molecule has 0 unspecified atom stereocenters. The number of halogens is 1. The highest BCUT2D eigenvalue weighted by molar-refractivity contribution is 7.89. The van der Waals surface area contributed by atoms with Crippen molar-refractivity contribution in [3.05, 3.63) is 53.1 Å². The van der Waals surface area contributed by atoms with Crippen molar-refractivity contribution < 1.29 is 18.3 Å². The number of nitrogens with one attached hydrogen (secondary N) is 1. The molecule has 0 heterocycles. The minimum Gasteiger partial charge on any atom is -0.507 e. The van der Waals surface area contributed by atoms with Crippen molar-refractivity contribution in [1.82, 2.24) is 4.83 Å². The van der Waals surface area contributed by atoms with Crippen LogP contribution in [-0.4, -0.2) is 26.3 Å². The van der Waals surface area contributed by atoms with E-state index in [1.54, 1.807) is 12.1 Å². The molecule has 0 saturated heterocycles. The largest absolute Gasteiger partial charge is 0.507 e. The number of sulfonamides is 1. The second kappa shape index (κ2) is 7.34. The highest BCUT2D eigenvalue weighted by Gasteiger charge is 2.12. The first kappa shape index (κ1) is 17.1. The van der Waals surface area contributed by atoms with Gasteiger partial charge in [-0.2, -0.15) is 13.5 Å². The Morgan fingerprint density at radius 3 is 2.61 bits per heavy atom. The number of hydrazone groups is 1. The van der Waals surface area contributed by atoms with E-state index in [0.717, 1.165) is 0 Å². The van der Waals surface area contributed by atoms with Gasteiger partial charge in [0, 0.05) is 10.6 Å². The molecule has 23 heavy (non-hydrogen) atoms. The molecule has 0 saturated carbocycles. The Morgan fingerprint density at radius 1 is 1.26 bits per heavy atom. The number of rotatable bonds is 6. The Bertz CT molecular complexity index is 805. The predicted molar refractivity (Wildman–Crippen MR) is 88.6 cm³/mol. The van der Waals surface area contributed by atoms with E-state index in [2.05, 4.69) is 9.93 Å². The van der Waals surface area contributed by atoms with Crippen LogP contribution in [-0.2, 0) is 10.0 Å². The minimum absolute atomic E-state index is 0.0495. The van der Waals surface area contributed by atoms with E-state index in [1.807, 2.05) is 6.92 Å². The zero-order valence-corrected chi connectivity index (χ0v) is 13.8. The fourth-order valence-corrected chi connectivity index (χ4v) is 2.70. The fraction of sp³-hybridized carbons (Fsp3) is 0.133. The average Bonchev–Trinajstić information content (AvgIpc) is 2.51. The Hall–Kier alpha value is -2.25. The number of nitrogens with zero attached hydrogens (tertiary/aromatic N) is 1. The summed E-state index contributed by atoms with van der Waals surface area (Å²) in [4.78, 5) is 2.12. The van der Waals surface area contributed by atoms with Gasteiger partial charge < -0.3 is 9.84 Å². The van der Waals surface area contributed by atoms with E-state index in [9.17, 15) is 13.5 Å². The van der Waals surface area contributed by atoms with E-state index >= 15 is 0 Å². The van der Waals surface area contributed by atoms with Crippen molar-refractivity contribution in [2.24, 2.45) is 5.10 Å². The third-order valence-corrected chi connectivity index (χ3v) is 4.28. The van der Waals surface area contributed by atoms with Gasteiger partial charge in [-0.3, -0.25) is 0 Å². The summed E-state index contributed by atoms with van der Waals surface area (Å²) in [6, 6.07) is 10.3. The maximum absolute atomic E-state index is 12.1. The Balaban J connectivity index is 2.11. The molecular weight excluding hydrogens is 340 g/mol. The van der Waals surface area contributed by atoms with E-state index in [0.29, 0.717) is 22.9 Å². The van der Waals surface area contributed by atoms with E-state index in [-0.39, 0.29) is 10.6 Å². The summed E-state index contributed by atoms with van der Waals surface area (Å²) in [5, 5.41) is 13.7. The standard InChI is InChI=1S/C15H15ClN2O4S/c1-2-22-13-4-6-14(7-5-13)23(20,21)18-17-10-11-9-12(16)3-8-15(11)19/h3-10,18-19H,2H2,1H3/b17-10-. The molecule has 0 aromatic heterocycles. The monoisotopic (exact) mass is 354 g/mol. The third-order valence-electron chi connectivity index (χ3n) is 2.81. The quantitative estimate of drug-likeness (QED) is 0.616. The second-order valence-electron chi connectivity index (χ2n) is 4.46. The number of phenolic OH excluding ortho intramolecular Hbond substituents is 1. The van der Waals surface area contributed by atoms with Gasteiger partial charge in [-0.05, 0) is 49.4 Å². The van der Waals surface area contributed by atoms with Gasteiger partial charge in [0.15, 0.2) is 0 Å². The molecular formula is C15H15ClN2O4S. The summed E-state index contributed by atoms with van der Waals surface area (Å²) in [5.41, 5.74) is 0.298. The molecule has 2 N–H and O–H groups in total. The number of ether oxygens (including phenoxy) is 1. The van der Waals surface area contributed by atoms with E-state index in [1.165, 1.54) is 36.5 Å². The van der Waals surface area contributed by atoms with Crippen LogP contribution in [0.15, 0.2) is 52.5 Å². The normalized spacial score (nSPS) is 11.6. The molecule has 0 aliphatic rings. The van der Waals surface area contributed by atoms with Gasteiger partial charge in [-0.1, -0.05) is 11.6 Å². The van der Waals surface area contributed by atoms with Gasteiger partial charge in [0.2, 0.25) is 0 Å². The summed E-state index contributed by atoms with van der Waals surface area (Å²) in [6.45, 7) is 2.34. The Labute approximate surface area is 139 Å². The fourth-order valence-electron chi connectivity index (χ4n) is 1.73. The molecule has 122 valence electrons. The molecule has 0 fully saturated rings. The summed E-state index contributed by atoms with van der Waals surface area (Å²) < 4.78 is 29.4. The lowest BCUT2D eigenvalue weighted by atomic mass is 10.2. The molecule has 8 heteroatoms. The average molecular weight is 355 g/mol. The van der Waals surface area contributed by atoms with Gasteiger partial charge in [0.1, 0.15) is 11.5 Å². The zero-order valence-electron chi connectivity index (χ0n) is 12.2. The summed E-state index contributed by atoms with van der Waals surface area (Å²) >= 11 is 5.80. The van der Waals surface area contributed by atoms with E-state index in [4.69, 9.17) is 16.3 Å². The van der Waals surface area contributed by atoms with Crippen LogP contribution in [0.4, 0.5) is 0 Å². The van der Waals surface area contributed by atoms with Crippen molar-refractivity contribution in [2.75, 3.05) is 6.61 Å². The van der Waals surface area contributed by atoms with Gasteiger partial charge in [-0.25, -0.2) is 4.83 Å². The lowest BCUT2D eigenvalue weighted by Crippen LogP contribution is -2.18. The SMILES string of the molecule is CCOc1ccc(S(=O)(=O)N/N=C\c2cc(Cl)ccc2O)cc1. The van der Waals surface area contributed by atoms with Gasteiger partial charge in [0.25, 0.3) is 10.0 Å². The van der Waals surface area contributed by atoms with Crippen LogP contribution in [0, 0.1) is 0 Å².